The number of ketones is 1. The minimum absolute atomic E-state index is 0.302. The molecule has 0 aromatic rings. The van der Waals surface area contributed by atoms with E-state index in [0.717, 1.165) is 0 Å². The molecule has 68 valence electrons. The van der Waals surface area contributed by atoms with E-state index in [-0.39, 0.29) is 5.78 Å². The van der Waals surface area contributed by atoms with Crippen LogP contribution >= 0.6 is 0 Å². The molecule has 2 rings (SSSR count). The third-order valence-electron chi connectivity index (χ3n) is 1.86. The van der Waals surface area contributed by atoms with E-state index in [4.69, 9.17) is 4.74 Å². The summed E-state index contributed by atoms with van der Waals surface area (Å²) in [6, 6.07) is 0. The summed E-state index contributed by atoms with van der Waals surface area (Å²) in [5, 5.41) is 19.1. The van der Waals surface area contributed by atoms with Crippen molar-refractivity contribution in [3.8, 4) is 0 Å². The Kier molecular flexibility index (Phi) is 1.53. The van der Waals surface area contributed by atoms with Crippen LogP contribution in [0, 0.1) is 0 Å². The fraction of sp³-hybridized carbons (Fsp3) is 0.222. The molecule has 4 nitrogen and oxygen atoms in total. The molecule has 2 aliphatic heterocycles. The molecule has 2 heterocycles. The molecule has 13 heavy (non-hydrogen) atoms. The molecule has 0 unspecified atom stereocenters. The van der Waals surface area contributed by atoms with Crippen molar-refractivity contribution in [3.63, 3.8) is 0 Å². The Morgan fingerprint density at radius 1 is 1.00 bits per heavy atom. The number of fused-ring (bicyclic) bond motifs is 2. The first-order valence-electron chi connectivity index (χ1n) is 3.79. The zero-order valence-corrected chi connectivity index (χ0v) is 6.68. The molecule has 0 saturated carbocycles. The largest absolute Gasteiger partial charge is 0.359 e. The fourth-order valence-corrected chi connectivity index (χ4v) is 1.21. The Labute approximate surface area is 74.4 Å². The number of aliphatic hydroxyl groups is 2. The van der Waals surface area contributed by atoms with Gasteiger partial charge in [-0.15, -0.1) is 0 Å². The lowest BCUT2D eigenvalue weighted by Crippen LogP contribution is -2.34. The summed E-state index contributed by atoms with van der Waals surface area (Å²) >= 11 is 0. The average Bonchev–Trinajstić information content (AvgIpc) is 2.38. The lowest BCUT2D eigenvalue weighted by Gasteiger charge is -2.24. The molecule has 2 N–H and O–H groups in total. The van der Waals surface area contributed by atoms with Crippen molar-refractivity contribution in [2.75, 3.05) is 0 Å². The van der Waals surface area contributed by atoms with Gasteiger partial charge < -0.3 is 14.9 Å². The van der Waals surface area contributed by atoms with Gasteiger partial charge in [0.15, 0.2) is 5.78 Å². The Balaban J connectivity index is 2.44. The van der Waals surface area contributed by atoms with E-state index >= 15 is 0 Å². The lowest BCUT2D eigenvalue weighted by molar-refractivity contribution is -0.232. The summed E-state index contributed by atoms with van der Waals surface area (Å²) in [4.78, 5) is 11.0. The molecule has 4 heteroatoms. The van der Waals surface area contributed by atoms with Crippen LogP contribution in [0.25, 0.3) is 0 Å². The molecule has 0 spiro atoms. The number of carbonyl (C=O) groups excluding carboxylic acids is 1. The SMILES string of the molecule is O=C1/C=C\[C@]2(O)C=C[C@](O)(/C=C\1)O2. The molecule has 0 aliphatic carbocycles. The number of hydrogen-bond donors (Lipinski definition) is 2. The van der Waals surface area contributed by atoms with Crippen LogP contribution in [0.4, 0.5) is 0 Å². The van der Waals surface area contributed by atoms with E-state index in [1.165, 1.54) is 36.5 Å². The van der Waals surface area contributed by atoms with Gasteiger partial charge in [0.1, 0.15) is 0 Å². The Hall–Kier alpha value is -1.23. The Morgan fingerprint density at radius 3 is 1.92 bits per heavy atom. The van der Waals surface area contributed by atoms with Crippen LogP contribution in [-0.4, -0.2) is 27.6 Å². The van der Waals surface area contributed by atoms with Crippen molar-refractivity contribution >= 4 is 5.78 Å². The van der Waals surface area contributed by atoms with Crippen molar-refractivity contribution in [3.05, 3.63) is 36.5 Å². The number of carbonyl (C=O) groups is 1. The second-order valence-electron chi connectivity index (χ2n) is 3.01. The van der Waals surface area contributed by atoms with Gasteiger partial charge in [0.05, 0.1) is 0 Å². The molecule has 0 radical (unpaired) electrons. The maximum absolute atomic E-state index is 11.0. The standard InChI is InChI=1S/C9H8O4/c10-7-1-3-8(11)5-6-9(12,13-8)4-2-7/h1-6,11-12H/b3-1-,4-2-/t8-,9+. The Bertz CT molecular complexity index is 312. The summed E-state index contributed by atoms with van der Waals surface area (Å²) in [5.41, 5.74) is 0. The smallest absolute Gasteiger partial charge is 0.209 e. The van der Waals surface area contributed by atoms with Crippen LogP contribution in [0.3, 0.4) is 0 Å². The first-order valence-corrected chi connectivity index (χ1v) is 3.79. The van der Waals surface area contributed by atoms with Crippen LogP contribution in [0.2, 0.25) is 0 Å². The van der Waals surface area contributed by atoms with Gasteiger partial charge in [-0.05, 0) is 36.5 Å². The second kappa shape index (κ2) is 2.38. The van der Waals surface area contributed by atoms with Gasteiger partial charge in [-0.1, -0.05) is 0 Å². The predicted molar refractivity (Wildman–Crippen MR) is 43.4 cm³/mol. The summed E-state index contributed by atoms with van der Waals surface area (Å²) in [7, 11) is 0. The molecule has 2 atom stereocenters. The molecular weight excluding hydrogens is 172 g/mol. The van der Waals surface area contributed by atoms with Crippen LogP contribution in [-0.2, 0) is 9.53 Å². The highest BCUT2D eigenvalue weighted by molar-refractivity contribution is 5.99. The van der Waals surface area contributed by atoms with Crippen molar-refractivity contribution < 1.29 is 19.7 Å². The molecule has 0 saturated heterocycles. The zero-order valence-electron chi connectivity index (χ0n) is 6.68. The van der Waals surface area contributed by atoms with E-state index < -0.39 is 11.6 Å². The van der Waals surface area contributed by atoms with E-state index in [2.05, 4.69) is 0 Å². The minimum atomic E-state index is -1.67. The van der Waals surface area contributed by atoms with Crippen LogP contribution < -0.4 is 0 Å². The van der Waals surface area contributed by atoms with Crippen LogP contribution in [0.5, 0.6) is 0 Å². The van der Waals surface area contributed by atoms with E-state index in [1.807, 2.05) is 0 Å². The third kappa shape index (κ3) is 1.47. The average molecular weight is 180 g/mol. The quantitative estimate of drug-likeness (QED) is 0.500. The van der Waals surface area contributed by atoms with E-state index in [1.54, 1.807) is 0 Å². The number of ether oxygens (including phenoxy) is 1. The summed E-state index contributed by atoms with van der Waals surface area (Å²) < 4.78 is 4.90. The number of rotatable bonds is 0. The molecule has 0 aromatic heterocycles. The van der Waals surface area contributed by atoms with Gasteiger partial charge in [0.2, 0.25) is 11.6 Å². The molecular formula is C9H8O4. The normalized spacial score (nSPS) is 47.1. The van der Waals surface area contributed by atoms with Gasteiger partial charge in [0.25, 0.3) is 0 Å². The second-order valence-corrected chi connectivity index (χ2v) is 3.01. The number of hydrogen-bond acceptors (Lipinski definition) is 4. The Morgan fingerprint density at radius 2 is 1.46 bits per heavy atom. The fourth-order valence-electron chi connectivity index (χ4n) is 1.21. The van der Waals surface area contributed by atoms with Crippen molar-refractivity contribution in [2.24, 2.45) is 0 Å². The van der Waals surface area contributed by atoms with Gasteiger partial charge >= 0.3 is 0 Å². The highest BCUT2D eigenvalue weighted by atomic mass is 16.7. The molecule has 0 amide bonds. The highest BCUT2D eigenvalue weighted by Crippen LogP contribution is 2.30. The molecule has 2 aliphatic rings. The number of allylic oxidation sites excluding steroid dienone is 2. The molecule has 0 aromatic carbocycles. The minimum Gasteiger partial charge on any atom is -0.359 e. The highest BCUT2D eigenvalue weighted by Gasteiger charge is 2.40. The maximum atomic E-state index is 11.0. The van der Waals surface area contributed by atoms with Gasteiger partial charge in [-0.2, -0.15) is 0 Å². The first-order chi connectivity index (χ1) is 6.02. The predicted octanol–water partition coefficient (Wildman–Crippen LogP) is -0.355. The topological polar surface area (TPSA) is 66.8 Å². The summed E-state index contributed by atoms with van der Waals surface area (Å²) in [5.74, 6) is -3.64. The van der Waals surface area contributed by atoms with Crippen LogP contribution in [0.15, 0.2) is 36.5 Å². The van der Waals surface area contributed by atoms with E-state index in [0.29, 0.717) is 0 Å². The summed E-state index contributed by atoms with van der Waals surface area (Å²) in [6.45, 7) is 0. The zero-order chi connectivity index (χ0) is 9.53. The van der Waals surface area contributed by atoms with Crippen molar-refractivity contribution in [1.82, 2.24) is 0 Å². The van der Waals surface area contributed by atoms with Gasteiger partial charge in [0, 0.05) is 0 Å². The summed E-state index contributed by atoms with van der Waals surface area (Å²) in [6.07, 6.45) is 7.32. The maximum Gasteiger partial charge on any atom is 0.209 e. The molecule has 0 fully saturated rings. The molecule has 2 bridgehead atoms. The van der Waals surface area contributed by atoms with Gasteiger partial charge in [-0.3, -0.25) is 4.79 Å². The van der Waals surface area contributed by atoms with Crippen molar-refractivity contribution in [2.45, 2.75) is 11.6 Å². The first kappa shape index (κ1) is 8.37. The van der Waals surface area contributed by atoms with Crippen molar-refractivity contribution in [1.29, 1.82) is 0 Å². The van der Waals surface area contributed by atoms with E-state index in [9.17, 15) is 15.0 Å². The van der Waals surface area contributed by atoms with Crippen LogP contribution in [0.1, 0.15) is 0 Å². The monoisotopic (exact) mass is 180 g/mol. The third-order valence-corrected chi connectivity index (χ3v) is 1.86. The van der Waals surface area contributed by atoms with Gasteiger partial charge in [-0.25, -0.2) is 0 Å². The lowest BCUT2D eigenvalue weighted by atomic mass is 10.2.